The van der Waals surface area contributed by atoms with Gasteiger partial charge in [0.05, 0.1) is 37.2 Å². The Kier molecular flexibility index (Phi) is 4.97. The molecule has 12 heteroatoms. The molecule has 0 spiro atoms. The van der Waals surface area contributed by atoms with Crippen LogP contribution >= 0.6 is 0 Å². The fraction of sp³-hybridized carbons (Fsp3) is 0.391. The number of aliphatic hydroxyl groups excluding tert-OH is 1. The van der Waals surface area contributed by atoms with Gasteiger partial charge in [-0.1, -0.05) is 0 Å². The lowest BCUT2D eigenvalue weighted by molar-refractivity contribution is -0.102. The minimum Gasteiger partial charge on any atom is -0.388 e. The van der Waals surface area contributed by atoms with Gasteiger partial charge in [-0.05, 0) is 18.6 Å². The van der Waals surface area contributed by atoms with E-state index in [-0.39, 0.29) is 36.7 Å². The average molecular weight is 483 g/mol. The highest BCUT2D eigenvalue weighted by atomic mass is 19.3. The standard InChI is InChI=1S/C23H23F2N7O3/c1-26-19-7-15(13-8-27-20-12(13)3-2-6-31(20)16-10-35-11-17(16)33)29-21-14(9-28-32(19)21)22(34)30-18-4-5-23(18,24)25/h2-3,6-9,16-18,26,33H,4-5,10-11H2,1H3,(H,30,34)/t16-,17-,18+/m1/s1. The third-order valence-corrected chi connectivity index (χ3v) is 6.81. The highest BCUT2D eigenvalue weighted by Crippen LogP contribution is 2.38. The molecule has 3 N–H and O–H groups in total. The summed E-state index contributed by atoms with van der Waals surface area (Å²) in [5.41, 5.74) is 2.42. The van der Waals surface area contributed by atoms with Crippen molar-refractivity contribution in [3.05, 3.63) is 42.4 Å². The van der Waals surface area contributed by atoms with E-state index in [0.717, 1.165) is 11.1 Å². The van der Waals surface area contributed by atoms with E-state index >= 15 is 0 Å². The molecule has 1 aliphatic carbocycles. The first-order valence-electron chi connectivity index (χ1n) is 11.3. The van der Waals surface area contributed by atoms with E-state index < -0.39 is 24.0 Å². The Hall–Kier alpha value is -3.64. The number of alkyl halides is 2. The van der Waals surface area contributed by atoms with E-state index in [1.165, 1.54) is 10.7 Å². The van der Waals surface area contributed by atoms with Crippen molar-refractivity contribution < 1.29 is 23.4 Å². The van der Waals surface area contributed by atoms with Crippen LogP contribution in [-0.4, -0.2) is 73.5 Å². The van der Waals surface area contributed by atoms with Gasteiger partial charge in [0.25, 0.3) is 11.8 Å². The molecule has 3 atom stereocenters. The molecule has 4 aliphatic rings. The van der Waals surface area contributed by atoms with Gasteiger partial charge < -0.3 is 25.0 Å². The predicted molar refractivity (Wildman–Crippen MR) is 122 cm³/mol. The number of amides is 1. The molecule has 6 rings (SSSR count). The zero-order chi connectivity index (χ0) is 24.3. The zero-order valence-corrected chi connectivity index (χ0v) is 18.8. The predicted octanol–water partition coefficient (Wildman–Crippen LogP) is 2.20. The van der Waals surface area contributed by atoms with Crippen LogP contribution in [-0.2, 0) is 4.74 Å². The first-order chi connectivity index (χ1) is 16.9. The molecular formula is C23H23F2N7O3. The van der Waals surface area contributed by atoms with Crippen molar-refractivity contribution in [1.29, 1.82) is 0 Å². The van der Waals surface area contributed by atoms with Gasteiger partial charge in [-0.3, -0.25) is 4.79 Å². The average Bonchev–Trinajstić information content (AvgIpc) is 3.58. The highest BCUT2D eigenvalue weighted by molar-refractivity contribution is 6.00. The molecule has 0 unspecified atom stereocenters. The van der Waals surface area contributed by atoms with Crippen molar-refractivity contribution in [2.24, 2.45) is 0 Å². The number of rotatable bonds is 5. The summed E-state index contributed by atoms with van der Waals surface area (Å²) in [4.78, 5) is 22.1. The van der Waals surface area contributed by atoms with Gasteiger partial charge >= 0.3 is 0 Å². The quantitative estimate of drug-likeness (QED) is 0.398. The summed E-state index contributed by atoms with van der Waals surface area (Å²) in [5.74, 6) is -2.31. The van der Waals surface area contributed by atoms with Crippen LogP contribution in [0.25, 0.3) is 28.3 Å². The van der Waals surface area contributed by atoms with Crippen LogP contribution in [0, 0.1) is 0 Å². The second-order valence-corrected chi connectivity index (χ2v) is 8.89. The number of carbonyl (C=O) groups excluding carboxylic acids is 1. The van der Waals surface area contributed by atoms with Crippen LogP contribution in [0.2, 0.25) is 0 Å². The summed E-state index contributed by atoms with van der Waals surface area (Å²) in [6.45, 7) is 0.653. The van der Waals surface area contributed by atoms with E-state index in [1.807, 2.05) is 22.9 Å². The number of hydrogen-bond donors (Lipinski definition) is 3. The van der Waals surface area contributed by atoms with Crippen LogP contribution in [0.3, 0.4) is 0 Å². The summed E-state index contributed by atoms with van der Waals surface area (Å²) < 4.78 is 36.2. The Bertz CT molecular complexity index is 1400. The molecule has 2 fully saturated rings. The molecule has 1 saturated carbocycles. The second-order valence-electron chi connectivity index (χ2n) is 8.89. The summed E-state index contributed by atoms with van der Waals surface area (Å²) in [5, 5.41) is 20.0. The largest absolute Gasteiger partial charge is 0.388 e. The van der Waals surface area contributed by atoms with Crippen LogP contribution in [0.1, 0.15) is 29.2 Å². The third kappa shape index (κ3) is 3.43. The monoisotopic (exact) mass is 483 g/mol. The van der Waals surface area contributed by atoms with Gasteiger partial charge in [-0.2, -0.15) is 9.61 Å². The molecule has 10 nitrogen and oxygen atoms in total. The first kappa shape index (κ1) is 21.9. The molecule has 3 aliphatic heterocycles. The molecule has 35 heavy (non-hydrogen) atoms. The summed E-state index contributed by atoms with van der Waals surface area (Å²) in [6.07, 6.45) is 4.23. The lowest BCUT2D eigenvalue weighted by atomic mass is 9.88. The molecule has 2 aromatic heterocycles. The van der Waals surface area contributed by atoms with Gasteiger partial charge in [0.1, 0.15) is 23.3 Å². The number of nitrogens with one attached hydrogen (secondary N) is 2. The maximum absolute atomic E-state index is 13.7. The Morgan fingerprint density at radius 1 is 1.29 bits per heavy atom. The summed E-state index contributed by atoms with van der Waals surface area (Å²) >= 11 is 0. The van der Waals surface area contributed by atoms with Crippen LogP contribution in [0.4, 0.5) is 14.6 Å². The molecule has 0 radical (unpaired) electrons. The Labute approximate surface area is 198 Å². The number of aromatic nitrogens is 5. The lowest BCUT2D eigenvalue weighted by Gasteiger charge is -2.36. The fourth-order valence-corrected chi connectivity index (χ4v) is 4.69. The van der Waals surface area contributed by atoms with Crippen molar-refractivity contribution in [3.63, 3.8) is 0 Å². The van der Waals surface area contributed by atoms with E-state index in [4.69, 9.17) is 4.74 Å². The lowest BCUT2D eigenvalue weighted by Crippen LogP contribution is -2.55. The smallest absolute Gasteiger partial charge is 0.267 e. The Balaban J connectivity index is 1.40. The Morgan fingerprint density at radius 2 is 2.14 bits per heavy atom. The number of anilines is 1. The topological polar surface area (TPSA) is 119 Å². The molecule has 0 aromatic carbocycles. The molecule has 1 saturated heterocycles. The van der Waals surface area contributed by atoms with Crippen molar-refractivity contribution in [3.8, 4) is 22.6 Å². The van der Waals surface area contributed by atoms with Gasteiger partial charge in [0, 0.05) is 43.1 Å². The summed E-state index contributed by atoms with van der Waals surface area (Å²) in [7, 11) is 1.71. The number of nitrogens with zero attached hydrogens (tertiary/aromatic N) is 5. The van der Waals surface area contributed by atoms with Gasteiger partial charge in [0.2, 0.25) is 0 Å². The van der Waals surface area contributed by atoms with E-state index in [0.29, 0.717) is 23.9 Å². The van der Waals surface area contributed by atoms with Crippen molar-refractivity contribution >= 4 is 17.4 Å². The minimum atomic E-state index is -2.90. The van der Waals surface area contributed by atoms with Crippen LogP contribution in [0.5, 0.6) is 0 Å². The normalized spacial score (nSPS) is 23.5. The molecule has 5 heterocycles. The number of fused-ring (bicyclic) bond motifs is 2. The molecular weight excluding hydrogens is 460 g/mol. The van der Waals surface area contributed by atoms with Gasteiger partial charge in [0.15, 0.2) is 5.65 Å². The van der Waals surface area contributed by atoms with Crippen LogP contribution < -0.4 is 10.6 Å². The zero-order valence-electron chi connectivity index (χ0n) is 18.8. The van der Waals surface area contributed by atoms with Crippen LogP contribution in [0.15, 0.2) is 36.8 Å². The van der Waals surface area contributed by atoms with Crippen molar-refractivity contribution in [2.45, 2.75) is 37.0 Å². The molecule has 2 aromatic rings. The number of carbonyl (C=O) groups is 1. The van der Waals surface area contributed by atoms with Gasteiger partial charge in [-0.25, -0.2) is 18.7 Å². The van der Waals surface area contributed by atoms with E-state index in [1.54, 1.807) is 19.3 Å². The number of pyridine rings is 1. The number of aliphatic hydroxyl groups is 1. The molecule has 182 valence electrons. The second kappa shape index (κ2) is 7.95. The minimum absolute atomic E-state index is 0.108. The van der Waals surface area contributed by atoms with Crippen molar-refractivity contribution in [1.82, 2.24) is 29.5 Å². The highest BCUT2D eigenvalue weighted by Gasteiger charge is 2.49. The summed E-state index contributed by atoms with van der Waals surface area (Å²) in [6, 6.07) is 4.12. The van der Waals surface area contributed by atoms with Gasteiger partial charge in [-0.15, -0.1) is 0 Å². The van der Waals surface area contributed by atoms with E-state index in [9.17, 15) is 18.7 Å². The maximum Gasteiger partial charge on any atom is 0.267 e. The number of ether oxygens (including phenoxy) is 1. The third-order valence-electron chi connectivity index (χ3n) is 6.81. The number of hydrogen-bond acceptors (Lipinski definition) is 7. The molecule has 1 amide bonds. The van der Waals surface area contributed by atoms with Crippen molar-refractivity contribution in [2.75, 3.05) is 25.6 Å². The maximum atomic E-state index is 13.7. The fourth-order valence-electron chi connectivity index (χ4n) is 4.69. The SMILES string of the molecule is CNc1cc(-c2cnc3n([C@@H]4COC[C@H]4O)cccc2-3)nc2c(C(=O)N[C@H]3CCC3(F)F)cnn12. The molecule has 0 bridgehead atoms. The Morgan fingerprint density at radius 3 is 2.83 bits per heavy atom. The van der Waals surface area contributed by atoms with E-state index in [2.05, 4.69) is 25.7 Å². The number of halogens is 2. The first-order valence-corrected chi connectivity index (χ1v) is 11.3.